The number of hydrogen-bond acceptors (Lipinski definition) is 4. The molecule has 0 radical (unpaired) electrons. The summed E-state index contributed by atoms with van der Waals surface area (Å²) in [5.41, 5.74) is 7.80. The number of nitrogens with zero attached hydrogens (tertiary/aromatic N) is 4. The number of amides is 1. The van der Waals surface area contributed by atoms with Gasteiger partial charge >= 0.3 is 0 Å². The van der Waals surface area contributed by atoms with E-state index in [4.69, 9.17) is 17.3 Å². The molecule has 0 bridgehead atoms. The summed E-state index contributed by atoms with van der Waals surface area (Å²) in [5, 5.41) is 8.80. The molecule has 25 heavy (non-hydrogen) atoms. The quantitative estimate of drug-likeness (QED) is 0.864. The summed E-state index contributed by atoms with van der Waals surface area (Å²) in [6.07, 6.45) is 0.788. The van der Waals surface area contributed by atoms with Crippen LogP contribution in [0.5, 0.6) is 0 Å². The molecule has 0 aliphatic carbocycles. The number of para-hydroxylation sites is 1. The molecule has 0 saturated carbocycles. The Morgan fingerprint density at radius 3 is 2.68 bits per heavy atom. The normalized spacial score (nSPS) is 19.4. The Morgan fingerprint density at radius 1 is 1.36 bits per heavy atom. The first-order valence-electron chi connectivity index (χ1n) is 8.03. The van der Waals surface area contributed by atoms with E-state index in [-0.39, 0.29) is 29.8 Å². The van der Waals surface area contributed by atoms with Crippen LogP contribution in [0.25, 0.3) is 5.69 Å². The van der Waals surface area contributed by atoms with Crippen molar-refractivity contribution in [1.29, 1.82) is 0 Å². The molecule has 1 unspecified atom stereocenters. The molecular formula is C17H23Cl2N5O. The van der Waals surface area contributed by atoms with Gasteiger partial charge in [0, 0.05) is 19.1 Å². The first kappa shape index (κ1) is 19.7. The van der Waals surface area contributed by atoms with Gasteiger partial charge < -0.3 is 10.6 Å². The predicted octanol–water partition coefficient (Wildman–Crippen LogP) is 2.85. The molecule has 3 rings (SSSR count). The van der Waals surface area contributed by atoms with E-state index in [2.05, 4.69) is 24.2 Å². The van der Waals surface area contributed by atoms with Crippen molar-refractivity contribution in [2.24, 2.45) is 11.1 Å². The van der Waals surface area contributed by atoms with Crippen molar-refractivity contribution in [2.45, 2.75) is 33.2 Å². The molecule has 136 valence electrons. The summed E-state index contributed by atoms with van der Waals surface area (Å²) >= 11 is 6.22. The minimum atomic E-state index is -0.111. The second kappa shape index (κ2) is 7.32. The van der Waals surface area contributed by atoms with Gasteiger partial charge in [-0.3, -0.25) is 4.79 Å². The number of likely N-dealkylation sites (tertiary alicyclic amines) is 1. The second-order valence-corrected chi connectivity index (χ2v) is 7.40. The van der Waals surface area contributed by atoms with Crippen molar-refractivity contribution < 1.29 is 4.79 Å². The highest BCUT2D eigenvalue weighted by atomic mass is 35.5. The molecule has 1 aliphatic heterocycles. The highest BCUT2D eigenvalue weighted by Crippen LogP contribution is 2.29. The van der Waals surface area contributed by atoms with Crippen molar-refractivity contribution in [3.05, 3.63) is 40.7 Å². The smallest absolute Gasteiger partial charge is 0.276 e. The maximum absolute atomic E-state index is 12.9. The van der Waals surface area contributed by atoms with Crippen LogP contribution in [0.3, 0.4) is 0 Å². The Kier molecular flexibility index (Phi) is 5.76. The first-order chi connectivity index (χ1) is 11.3. The van der Waals surface area contributed by atoms with Crippen molar-refractivity contribution in [2.75, 3.05) is 13.1 Å². The molecule has 2 N–H and O–H groups in total. The summed E-state index contributed by atoms with van der Waals surface area (Å²) in [6, 6.07) is 7.46. The van der Waals surface area contributed by atoms with Gasteiger partial charge in [0.15, 0.2) is 5.69 Å². The largest absolute Gasteiger partial charge is 0.337 e. The van der Waals surface area contributed by atoms with Crippen molar-refractivity contribution in [1.82, 2.24) is 19.9 Å². The number of aromatic nitrogens is 3. The van der Waals surface area contributed by atoms with Crippen LogP contribution in [0.2, 0.25) is 5.02 Å². The summed E-state index contributed by atoms with van der Waals surface area (Å²) in [7, 11) is 0. The van der Waals surface area contributed by atoms with Gasteiger partial charge in [0.1, 0.15) is 0 Å². The van der Waals surface area contributed by atoms with Crippen LogP contribution in [0, 0.1) is 12.3 Å². The van der Waals surface area contributed by atoms with Crippen LogP contribution >= 0.6 is 24.0 Å². The van der Waals surface area contributed by atoms with Crippen LogP contribution < -0.4 is 5.73 Å². The Labute approximate surface area is 158 Å². The molecule has 8 heteroatoms. The van der Waals surface area contributed by atoms with Crippen LogP contribution in [0.1, 0.15) is 36.5 Å². The molecule has 1 aliphatic rings. The molecule has 6 nitrogen and oxygen atoms in total. The Hall–Kier alpha value is -1.63. The number of rotatable bonds is 2. The van der Waals surface area contributed by atoms with Gasteiger partial charge in [-0.05, 0) is 30.9 Å². The monoisotopic (exact) mass is 383 g/mol. The lowest BCUT2D eigenvalue weighted by Crippen LogP contribution is -2.54. The fourth-order valence-electron chi connectivity index (χ4n) is 3.08. The molecule has 1 amide bonds. The average molecular weight is 384 g/mol. The molecule has 2 heterocycles. The molecule has 1 aromatic carbocycles. The van der Waals surface area contributed by atoms with Crippen LogP contribution in [-0.2, 0) is 0 Å². The van der Waals surface area contributed by atoms with Crippen LogP contribution in [-0.4, -0.2) is 44.9 Å². The average Bonchev–Trinajstić information content (AvgIpc) is 2.91. The number of piperidine rings is 1. The van der Waals surface area contributed by atoms with Gasteiger partial charge in [-0.15, -0.1) is 17.5 Å². The minimum absolute atomic E-state index is 0. The topological polar surface area (TPSA) is 77.0 Å². The highest BCUT2D eigenvalue weighted by molar-refractivity contribution is 6.32. The van der Waals surface area contributed by atoms with E-state index in [1.165, 1.54) is 0 Å². The van der Waals surface area contributed by atoms with Crippen LogP contribution in [0.15, 0.2) is 24.3 Å². The van der Waals surface area contributed by atoms with Gasteiger partial charge in [-0.25, -0.2) is 4.68 Å². The molecule has 1 saturated heterocycles. The molecule has 2 aromatic rings. The van der Waals surface area contributed by atoms with E-state index in [1.807, 2.05) is 30.0 Å². The number of nitrogens with two attached hydrogens (primary N) is 1. The highest BCUT2D eigenvalue weighted by Gasteiger charge is 2.36. The number of benzene rings is 1. The predicted molar refractivity (Wildman–Crippen MR) is 101 cm³/mol. The van der Waals surface area contributed by atoms with Crippen molar-refractivity contribution in [3.63, 3.8) is 0 Å². The van der Waals surface area contributed by atoms with Gasteiger partial charge in [-0.1, -0.05) is 42.8 Å². The third kappa shape index (κ3) is 3.66. The zero-order valence-electron chi connectivity index (χ0n) is 14.6. The number of hydrogen-bond donors (Lipinski definition) is 1. The maximum Gasteiger partial charge on any atom is 0.276 e. The van der Waals surface area contributed by atoms with Crippen LogP contribution in [0.4, 0.5) is 0 Å². The molecule has 1 fully saturated rings. The van der Waals surface area contributed by atoms with Gasteiger partial charge in [0.2, 0.25) is 0 Å². The third-order valence-corrected chi connectivity index (χ3v) is 5.10. The second-order valence-electron chi connectivity index (χ2n) is 7.00. The Bertz CT molecular complexity index is 774. The molecule has 0 spiro atoms. The van der Waals surface area contributed by atoms with E-state index in [9.17, 15) is 4.79 Å². The first-order valence-corrected chi connectivity index (χ1v) is 8.41. The Balaban J connectivity index is 0.00000225. The maximum atomic E-state index is 12.9. The van der Waals surface area contributed by atoms with E-state index in [0.717, 1.165) is 6.42 Å². The fourth-order valence-corrected chi connectivity index (χ4v) is 3.29. The summed E-state index contributed by atoms with van der Waals surface area (Å²) in [6.45, 7) is 7.26. The molecule has 1 atom stereocenters. The molecular weight excluding hydrogens is 361 g/mol. The third-order valence-electron chi connectivity index (χ3n) is 4.78. The van der Waals surface area contributed by atoms with Crippen molar-refractivity contribution >= 4 is 29.9 Å². The standard InChI is InChI=1S/C17H22ClN5O.ClH/c1-11-15(16(24)22-9-8-14(19)17(2,3)10-22)20-21-23(11)13-7-5-4-6-12(13)18;/h4-7,14H,8-10,19H2,1-3H3;1H. The zero-order valence-corrected chi connectivity index (χ0v) is 16.1. The van der Waals surface area contributed by atoms with E-state index < -0.39 is 0 Å². The lowest BCUT2D eigenvalue weighted by atomic mass is 9.79. The number of halogens is 2. The van der Waals surface area contributed by atoms with Crippen molar-refractivity contribution in [3.8, 4) is 5.69 Å². The van der Waals surface area contributed by atoms with Gasteiger partial charge in [0.25, 0.3) is 5.91 Å². The number of carbonyl (C=O) groups excluding carboxylic acids is 1. The van der Waals surface area contributed by atoms with E-state index in [1.54, 1.807) is 10.7 Å². The lowest BCUT2D eigenvalue weighted by molar-refractivity contribution is 0.0526. The fraction of sp³-hybridized carbons (Fsp3) is 0.471. The van der Waals surface area contributed by atoms with E-state index in [0.29, 0.717) is 35.2 Å². The SMILES string of the molecule is Cc1c(C(=O)N2CCC(N)C(C)(C)C2)nnn1-c1ccccc1Cl.Cl. The summed E-state index contributed by atoms with van der Waals surface area (Å²) in [5.74, 6) is -0.106. The van der Waals surface area contributed by atoms with E-state index >= 15 is 0 Å². The van der Waals surface area contributed by atoms with Gasteiger partial charge in [0.05, 0.1) is 16.4 Å². The Morgan fingerprint density at radius 2 is 2.04 bits per heavy atom. The molecule has 1 aromatic heterocycles. The lowest BCUT2D eigenvalue weighted by Gasteiger charge is -2.42. The summed E-state index contributed by atoms with van der Waals surface area (Å²) < 4.78 is 1.61. The zero-order chi connectivity index (χ0) is 17.5. The minimum Gasteiger partial charge on any atom is -0.337 e. The number of carbonyl (C=O) groups is 1. The van der Waals surface area contributed by atoms with Gasteiger partial charge in [-0.2, -0.15) is 0 Å². The summed E-state index contributed by atoms with van der Waals surface area (Å²) in [4.78, 5) is 14.7.